The molecule has 2 saturated heterocycles. The Morgan fingerprint density at radius 2 is 2.23 bits per heavy atom. The number of hydrogen-bond donors (Lipinski definition) is 1. The molecule has 0 aromatic heterocycles. The highest BCUT2D eigenvalue weighted by Gasteiger charge is 2.36. The molecule has 0 spiro atoms. The van der Waals surface area contributed by atoms with Gasteiger partial charge in [-0.3, -0.25) is 0 Å². The van der Waals surface area contributed by atoms with Crippen molar-refractivity contribution in [2.45, 2.75) is 30.7 Å². The summed E-state index contributed by atoms with van der Waals surface area (Å²) in [6.07, 6.45) is 0.796. The minimum atomic E-state index is -2.73. The Hall–Kier alpha value is 0.260. The summed E-state index contributed by atoms with van der Waals surface area (Å²) >= 11 is 1.82. The molecule has 76 valence electrons. The summed E-state index contributed by atoms with van der Waals surface area (Å²) in [5.74, 6) is 1.78. The van der Waals surface area contributed by atoms with E-state index < -0.39 is 9.84 Å². The van der Waals surface area contributed by atoms with Crippen LogP contribution < -0.4 is 5.32 Å². The summed E-state index contributed by atoms with van der Waals surface area (Å²) in [6.45, 7) is 2.16. The zero-order chi connectivity index (χ0) is 9.47. The van der Waals surface area contributed by atoms with Gasteiger partial charge in [-0.15, -0.1) is 0 Å². The molecular weight excluding hydrogens is 206 g/mol. The minimum absolute atomic E-state index is 0.301. The molecule has 0 aromatic rings. The fourth-order valence-electron chi connectivity index (χ4n) is 1.98. The van der Waals surface area contributed by atoms with Gasteiger partial charge in [0.15, 0.2) is 9.84 Å². The molecule has 13 heavy (non-hydrogen) atoms. The molecule has 3 nitrogen and oxygen atoms in total. The molecule has 1 N–H and O–H groups in total. The first-order chi connectivity index (χ1) is 6.07. The van der Waals surface area contributed by atoms with Crippen LogP contribution >= 0.6 is 11.8 Å². The Bertz CT molecular complexity index is 289. The van der Waals surface area contributed by atoms with Crippen molar-refractivity contribution in [1.29, 1.82) is 0 Å². The van der Waals surface area contributed by atoms with E-state index >= 15 is 0 Å². The molecule has 2 heterocycles. The molecule has 0 radical (unpaired) electrons. The lowest BCUT2D eigenvalue weighted by molar-refractivity contribution is 0.424. The standard InChI is InChI=1S/C8H15NO2S2/c1-6-4-12-8-5-13(10,11)3-2-7(8)9-6/h6-9H,2-5H2,1H3. The van der Waals surface area contributed by atoms with Gasteiger partial charge in [-0.2, -0.15) is 11.8 Å². The molecular formula is C8H15NO2S2. The molecule has 0 aliphatic carbocycles. The van der Waals surface area contributed by atoms with Crippen LogP contribution in [0.4, 0.5) is 0 Å². The molecule has 3 atom stereocenters. The number of rotatable bonds is 0. The summed E-state index contributed by atoms with van der Waals surface area (Å²) in [6, 6.07) is 0.962. The van der Waals surface area contributed by atoms with Gasteiger partial charge in [0.2, 0.25) is 0 Å². The summed E-state index contributed by atoms with van der Waals surface area (Å²) in [4.78, 5) is 0. The Morgan fingerprint density at radius 3 is 3.00 bits per heavy atom. The van der Waals surface area contributed by atoms with Crippen molar-refractivity contribution in [2.75, 3.05) is 17.3 Å². The lowest BCUT2D eigenvalue weighted by Crippen LogP contribution is -2.54. The molecule has 0 aromatic carbocycles. The van der Waals surface area contributed by atoms with Gasteiger partial charge in [-0.25, -0.2) is 8.42 Å². The highest BCUT2D eigenvalue weighted by Crippen LogP contribution is 2.28. The van der Waals surface area contributed by atoms with Crippen molar-refractivity contribution >= 4 is 21.6 Å². The Balaban J connectivity index is 2.06. The first kappa shape index (κ1) is 9.80. The Labute approximate surface area is 83.6 Å². The van der Waals surface area contributed by atoms with Gasteiger partial charge in [-0.05, 0) is 13.3 Å². The highest BCUT2D eigenvalue weighted by molar-refractivity contribution is 8.01. The van der Waals surface area contributed by atoms with E-state index in [1.807, 2.05) is 11.8 Å². The van der Waals surface area contributed by atoms with E-state index in [1.54, 1.807) is 0 Å². The van der Waals surface area contributed by atoms with E-state index in [-0.39, 0.29) is 0 Å². The SMILES string of the molecule is CC1CSC2CS(=O)(=O)CCC2N1. The molecule has 3 unspecified atom stereocenters. The second-order valence-corrected chi connectivity index (χ2v) is 7.45. The van der Waals surface area contributed by atoms with Crippen LogP contribution in [0.3, 0.4) is 0 Å². The fraction of sp³-hybridized carbons (Fsp3) is 1.00. The molecule has 2 aliphatic rings. The van der Waals surface area contributed by atoms with Crippen molar-refractivity contribution in [3.8, 4) is 0 Å². The molecule has 2 fully saturated rings. The van der Waals surface area contributed by atoms with E-state index in [2.05, 4.69) is 12.2 Å². The van der Waals surface area contributed by atoms with Crippen molar-refractivity contribution in [2.24, 2.45) is 0 Å². The summed E-state index contributed by atoms with van der Waals surface area (Å²) in [5.41, 5.74) is 0. The fourth-order valence-corrected chi connectivity index (χ4v) is 5.58. The first-order valence-electron chi connectivity index (χ1n) is 4.65. The summed E-state index contributed by atoms with van der Waals surface area (Å²) in [5, 5.41) is 3.77. The maximum absolute atomic E-state index is 11.3. The van der Waals surface area contributed by atoms with Gasteiger partial charge in [0.1, 0.15) is 0 Å². The normalized spacial score (nSPS) is 43.9. The lowest BCUT2D eigenvalue weighted by atomic mass is 10.1. The molecule has 5 heteroatoms. The number of hydrogen-bond acceptors (Lipinski definition) is 4. The minimum Gasteiger partial charge on any atom is -0.310 e. The molecule has 0 bridgehead atoms. The smallest absolute Gasteiger partial charge is 0.151 e. The van der Waals surface area contributed by atoms with Crippen LogP contribution in [0.25, 0.3) is 0 Å². The second-order valence-electron chi connectivity index (χ2n) is 3.95. The zero-order valence-corrected chi connectivity index (χ0v) is 9.33. The number of sulfone groups is 1. The van der Waals surface area contributed by atoms with E-state index in [0.717, 1.165) is 12.2 Å². The average molecular weight is 221 g/mol. The predicted molar refractivity (Wildman–Crippen MR) is 55.9 cm³/mol. The third-order valence-electron chi connectivity index (χ3n) is 2.67. The van der Waals surface area contributed by atoms with Crippen LogP contribution in [-0.4, -0.2) is 43.0 Å². The Kier molecular flexibility index (Phi) is 2.59. The van der Waals surface area contributed by atoms with Crippen LogP contribution in [-0.2, 0) is 9.84 Å². The summed E-state index contributed by atoms with van der Waals surface area (Å²) in [7, 11) is -2.73. The van der Waals surface area contributed by atoms with Gasteiger partial charge in [0.05, 0.1) is 11.5 Å². The first-order valence-corrected chi connectivity index (χ1v) is 7.52. The van der Waals surface area contributed by atoms with Crippen molar-refractivity contribution in [1.82, 2.24) is 5.32 Å². The third kappa shape index (κ3) is 2.19. The number of fused-ring (bicyclic) bond motifs is 1. The van der Waals surface area contributed by atoms with Gasteiger partial charge in [0, 0.05) is 23.1 Å². The number of thioether (sulfide) groups is 1. The molecule has 0 amide bonds. The van der Waals surface area contributed by atoms with Crippen LogP contribution in [0.1, 0.15) is 13.3 Å². The van der Waals surface area contributed by atoms with E-state index in [1.165, 1.54) is 0 Å². The quantitative estimate of drug-likeness (QED) is 0.638. The van der Waals surface area contributed by atoms with E-state index in [9.17, 15) is 8.42 Å². The van der Waals surface area contributed by atoms with Crippen LogP contribution in [0.2, 0.25) is 0 Å². The predicted octanol–water partition coefficient (Wildman–Crippen LogP) is 0.267. The lowest BCUT2D eigenvalue weighted by Gasteiger charge is -2.38. The van der Waals surface area contributed by atoms with Gasteiger partial charge in [-0.1, -0.05) is 0 Å². The maximum atomic E-state index is 11.3. The average Bonchev–Trinajstić information content (AvgIpc) is 2.05. The van der Waals surface area contributed by atoms with E-state index in [4.69, 9.17) is 0 Å². The maximum Gasteiger partial charge on any atom is 0.151 e. The molecule has 2 rings (SSSR count). The summed E-state index contributed by atoms with van der Waals surface area (Å²) < 4.78 is 22.7. The zero-order valence-electron chi connectivity index (χ0n) is 7.69. The van der Waals surface area contributed by atoms with Gasteiger partial charge >= 0.3 is 0 Å². The van der Waals surface area contributed by atoms with Crippen LogP contribution in [0.5, 0.6) is 0 Å². The van der Waals surface area contributed by atoms with Crippen LogP contribution in [0, 0.1) is 0 Å². The third-order valence-corrected chi connectivity index (χ3v) is 6.22. The van der Waals surface area contributed by atoms with Crippen molar-refractivity contribution in [3.63, 3.8) is 0 Å². The molecule has 0 saturated carbocycles. The number of nitrogens with one attached hydrogen (secondary N) is 1. The Morgan fingerprint density at radius 1 is 1.46 bits per heavy atom. The highest BCUT2D eigenvalue weighted by atomic mass is 32.2. The molecule has 2 aliphatic heterocycles. The topological polar surface area (TPSA) is 46.2 Å². The van der Waals surface area contributed by atoms with Crippen molar-refractivity contribution < 1.29 is 8.42 Å². The van der Waals surface area contributed by atoms with Gasteiger partial charge in [0.25, 0.3) is 0 Å². The van der Waals surface area contributed by atoms with E-state index in [0.29, 0.717) is 28.8 Å². The largest absolute Gasteiger partial charge is 0.310 e. The van der Waals surface area contributed by atoms with Crippen molar-refractivity contribution in [3.05, 3.63) is 0 Å². The monoisotopic (exact) mass is 221 g/mol. The van der Waals surface area contributed by atoms with Gasteiger partial charge < -0.3 is 5.32 Å². The second kappa shape index (κ2) is 3.44. The van der Waals surface area contributed by atoms with Crippen LogP contribution in [0.15, 0.2) is 0 Å².